The first-order valence-electron chi connectivity index (χ1n) is 9.48. The number of benzene rings is 2. The number of esters is 1. The summed E-state index contributed by atoms with van der Waals surface area (Å²) in [5.41, 5.74) is 0.868. The van der Waals surface area contributed by atoms with E-state index in [1.165, 1.54) is 43.2 Å². The summed E-state index contributed by atoms with van der Waals surface area (Å²) in [6, 6.07) is 10.6. The van der Waals surface area contributed by atoms with E-state index >= 15 is 0 Å². The number of nitrogens with zero attached hydrogens (tertiary/aromatic N) is 1. The average molecular weight is 464 g/mol. The average Bonchev–Trinajstić information content (AvgIpc) is 2.77. The van der Waals surface area contributed by atoms with Gasteiger partial charge in [-0.05, 0) is 55.5 Å². The van der Waals surface area contributed by atoms with E-state index in [-0.39, 0.29) is 10.8 Å². The summed E-state index contributed by atoms with van der Waals surface area (Å²) in [7, 11) is 0.742. The van der Waals surface area contributed by atoms with Crippen LogP contribution in [-0.4, -0.2) is 65.0 Å². The SMILES string of the molecule is COc1ccc(S(=O)(=O)N[C@@H](C)C(=O)OCC(=O)Nc2ccc(C(=O)N(C)C)cc2)cc1. The number of nitrogens with one attached hydrogen (secondary N) is 2. The van der Waals surface area contributed by atoms with Gasteiger partial charge in [-0.15, -0.1) is 0 Å². The lowest BCUT2D eigenvalue weighted by Crippen LogP contribution is -2.40. The fraction of sp³-hybridized carbons (Fsp3) is 0.286. The van der Waals surface area contributed by atoms with E-state index in [1.54, 1.807) is 38.4 Å². The fourth-order valence-electron chi connectivity index (χ4n) is 2.52. The third-order valence-corrected chi connectivity index (χ3v) is 5.78. The monoisotopic (exact) mass is 463 g/mol. The largest absolute Gasteiger partial charge is 0.497 e. The molecule has 0 radical (unpaired) electrons. The lowest BCUT2D eigenvalue weighted by molar-refractivity contribution is -0.148. The molecule has 0 saturated carbocycles. The van der Waals surface area contributed by atoms with Crippen LogP contribution in [0.25, 0.3) is 0 Å². The Morgan fingerprint density at radius 2 is 1.59 bits per heavy atom. The van der Waals surface area contributed by atoms with Gasteiger partial charge in [0.25, 0.3) is 11.8 Å². The Kier molecular flexibility index (Phi) is 8.33. The van der Waals surface area contributed by atoms with Crippen LogP contribution in [-0.2, 0) is 24.3 Å². The van der Waals surface area contributed by atoms with Crippen LogP contribution in [0.4, 0.5) is 5.69 Å². The van der Waals surface area contributed by atoms with Crippen molar-refractivity contribution in [1.82, 2.24) is 9.62 Å². The smallest absolute Gasteiger partial charge is 0.324 e. The molecule has 0 spiro atoms. The second kappa shape index (κ2) is 10.7. The molecule has 0 aliphatic rings. The fourth-order valence-corrected chi connectivity index (χ4v) is 3.71. The van der Waals surface area contributed by atoms with Gasteiger partial charge in [0.15, 0.2) is 6.61 Å². The number of carbonyl (C=O) groups excluding carboxylic acids is 3. The molecule has 32 heavy (non-hydrogen) atoms. The quantitative estimate of drug-likeness (QED) is 0.535. The molecule has 2 amide bonds. The summed E-state index contributed by atoms with van der Waals surface area (Å²) in [5, 5.41) is 2.52. The summed E-state index contributed by atoms with van der Waals surface area (Å²) in [6.07, 6.45) is 0. The highest BCUT2D eigenvalue weighted by atomic mass is 32.2. The van der Waals surface area contributed by atoms with E-state index in [0.29, 0.717) is 17.0 Å². The predicted octanol–water partition coefficient (Wildman–Crippen LogP) is 1.25. The highest BCUT2D eigenvalue weighted by Crippen LogP contribution is 2.16. The molecular weight excluding hydrogens is 438 g/mol. The summed E-state index contributed by atoms with van der Waals surface area (Å²) in [4.78, 5) is 37.4. The van der Waals surface area contributed by atoms with Crippen molar-refractivity contribution in [1.29, 1.82) is 0 Å². The first kappa shape index (κ1) is 24.8. The summed E-state index contributed by atoms with van der Waals surface area (Å²) < 4.78 is 36.8. The maximum Gasteiger partial charge on any atom is 0.324 e. The lowest BCUT2D eigenvalue weighted by Gasteiger charge is -2.14. The highest BCUT2D eigenvalue weighted by molar-refractivity contribution is 7.89. The van der Waals surface area contributed by atoms with Crippen LogP contribution in [0.15, 0.2) is 53.4 Å². The molecule has 2 N–H and O–H groups in total. The molecule has 11 heteroatoms. The Hall–Kier alpha value is -3.44. The number of amides is 2. The van der Waals surface area contributed by atoms with Crippen molar-refractivity contribution < 1.29 is 32.3 Å². The molecule has 0 saturated heterocycles. The van der Waals surface area contributed by atoms with Crippen LogP contribution in [0, 0.1) is 0 Å². The van der Waals surface area contributed by atoms with Crippen molar-refractivity contribution in [2.75, 3.05) is 33.1 Å². The number of anilines is 1. The number of carbonyl (C=O) groups is 3. The number of hydrogen-bond acceptors (Lipinski definition) is 7. The van der Waals surface area contributed by atoms with Crippen LogP contribution >= 0.6 is 0 Å². The lowest BCUT2D eigenvalue weighted by atomic mass is 10.2. The van der Waals surface area contributed by atoms with Crippen LogP contribution < -0.4 is 14.8 Å². The Labute approximate surface area is 186 Å². The van der Waals surface area contributed by atoms with Gasteiger partial charge in [0.05, 0.1) is 12.0 Å². The highest BCUT2D eigenvalue weighted by Gasteiger charge is 2.23. The minimum absolute atomic E-state index is 0.0492. The van der Waals surface area contributed by atoms with E-state index in [2.05, 4.69) is 10.0 Å². The normalized spacial score (nSPS) is 11.9. The minimum atomic E-state index is -3.97. The Balaban J connectivity index is 1.86. The van der Waals surface area contributed by atoms with Crippen molar-refractivity contribution in [2.24, 2.45) is 0 Å². The van der Waals surface area contributed by atoms with Crippen molar-refractivity contribution in [2.45, 2.75) is 17.9 Å². The second-order valence-electron chi connectivity index (χ2n) is 6.95. The zero-order valence-electron chi connectivity index (χ0n) is 18.1. The van der Waals surface area contributed by atoms with E-state index in [9.17, 15) is 22.8 Å². The molecule has 0 bridgehead atoms. The van der Waals surface area contributed by atoms with Gasteiger partial charge in [0, 0.05) is 25.3 Å². The van der Waals surface area contributed by atoms with E-state index in [4.69, 9.17) is 9.47 Å². The Morgan fingerprint density at radius 1 is 1.00 bits per heavy atom. The standard InChI is InChI=1S/C21H25N3O7S/c1-14(23-32(28,29)18-11-9-17(30-4)10-12-18)21(27)31-13-19(25)22-16-7-5-15(6-8-16)20(26)24(2)3/h5-12,14,23H,13H2,1-4H3,(H,22,25)/t14-/m0/s1. The number of hydrogen-bond donors (Lipinski definition) is 2. The topological polar surface area (TPSA) is 131 Å². The van der Waals surface area contributed by atoms with Crippen LogP contribution in [0.1, 0.15) is 17.3 Å². The van der Waals surface area contributed by atoms with Crippen LogP contribution in [0.5, 0.6) is 5.75 Å². The number of methoxy groups -OCH3 is 1. The van der Waals surface area contributed by atoms with Crippen molar-refractivity contribution in [3.05, 3.63) is 54.1 Å². The molecule has 10 nitrogen and oxygen atoms in total. The number of rotatable bonds is 9. The molecule has 0 aliphatic carbocycles. The molecule has 0 unspecified atom stereocenters. The van der Waals surface area contributed by atoms with Crippen LogP contribution in [0.3, 0.4) is 0 Å². The van der Waals surface area contributed by atoms with E-state index < -0.39 is 34.5 Å². The Bertz CT molecular complexity index is 1070. The van der Waals surface area contributed by atoms with Gasteiger partial charge in [-0.2, -0.15) is 4.72 Å². The molecular formula is C21H25N3O7S. The van der Waals surface area contributed by atoms with Crippen LogP contribution in [0.2, 0.25) is 0 Å². The van der Waals surface area contributed by atoms with E-state index in [1.807, 2.05) is 0 Å². The van der Waals surface area contributed by atoms with Gasteiger partial charge < -0.3 is 19.7 Å². The maximum atomic E-state index is 12.4. The molecule has 2 rings (SSSR count). The van der Waals surface area contributed by atoms with Gasteiger partial charge in [-0.25, -0.2) is 8.42 Å². The molecule has 0 heterocycles. The van der Waals surface area contributed by atoms with Gasteiger partial charge in [-0.3, -0.25) is 14.4 Å². The number of ether oxygens (including phenoxy) is 2. The third kappa shape index (κ3) is 6.79. The Morgan fingerprint density at radius 3 is 2.12 bits per heavy atom. The zero-order valence-corrected chi connectivity index (χ0v) is 18.9. The molecule has 172 valence electrons. The predicted molar refractivity (Wildman–Crippen MR) is 117 cm³/mol. The summed E-state index contributed by atoms with van der Waals surface area (Å²) in [5.74, 6) is -1.22. The first-order valence-corrected chi connectivity index (χ1v) is 11.0. The summed E-state index contributed by atoms with van der Waals surface area (Å²) >= 11 is 0. The molecule has 2 aromatic carbocycles. The summed E-state index contributed by atoms with van der Waals surface area (Å²) in [6.45, 7) is 0.702. The van der Waals surface area contributed by atoms with Gasteiger partial charge in [0.2, 0.25) is 10.0 Å². The molecule has 1 atom stereocenters. The van der Waals surface area contributed by atoms with Crippen molar-refractivity contribution in [3.8, 4) is 5.75 Å². The number of sulfonamides is 1. The minimum Gasteiger partial charge on any atom is -0.497 e. The molecule has 0 fully saturated rings. The zero-order chi connectivity index (χ0) is 23.9. The molecule has 2 aromatic rings. The first-order chi connectivity index (χ1) is 15.0. The molecule has 0 aliphatic heterocycles. The van der Waals surface area contributed by atoms with E-state index in [0.717, 1.165) is 0 Å². The van der Waals surface area contributed by atoms with Gasteiger partial charge >= 0.3 is 5.97 Å². The van der Waals surface area contributed by atoms with Gasteiger partial charge in [0.1, 0.15) is 11.8 Å². The molecule has 0 aromatic heterocycles. The second-order valence-corrected chi connectivity index (χ2v) is 8.67. The maximum absolute atomic E-state index is 12.4. The van der Waals surface area contributed by atoms with Crippen molar-refractivity contribution >= 4 is 33.5 Å². The van der Waals surface area contributed by atoms with Crippen molar-refractivity contribution in [3.63, 3.8) is 0 Å². The third-order valence-electron chi connectivity index (χ3n) is 4.22. The van der Waals surface area contributed by atoms with Gasteiger partial charge in [-0.1, -0.05) is 0 Å².